The Morgan fingerprint density at radius 2 is 1.93 bits per heavy atom. The van der Waals surface area contributed by atoms with Gasteiger partial charge in [0.2, 0.25) is 0 Å². The third kappa shape index (κ3) is 4.04. The Balaban J connectivity index is 1.86. The summed E-state index contributed by atoms with van der Waals surface area (Å²) in [6.45, 7) is 0. The van der Waals surface area contributed by atoms with Gasteiger partial charge >= 0.3 is 5.97 Å². The van der Waals surface area contributed by atoms with Crippen LogP contribution < -0.4 is 4.80 Å². The third-order valence-corrected chi connectivity index (χ3v) is 5.05. The predicted octanol–water partition coefficient (Wildman–Crippen LogP) is 3.08. The molecule has 1 amide bonds. The van der Waals surface area contributed by atoms with E-state index < -0.39 is 16.8 Å². The molecule has 0 aliphatic rings. The fourth-order valence-electron chi connectivity index (χ4n) is 2.49. The van der Waals surface area contributed by atoms with Gasteiger partial charge in [0.05, 0.1) is 27.8 Å². The average molecular weight is 397 g/mol. The molecule has 0 unspecified atom stereocenters. The fourth-order valence-corrected chi connectivity index (χ4v) is 3.55. The molecule has 3 rings (SSSR count). The molecule has 0 fully saturated rings. The van der Waals surface area contributed by atoms with Gasteiger partial charge in [0.15, 0.2) is 4.80 Å². The molecular weight excluding hydrogens is 382 g/mol. The molecule has 2 aromatic carbocycles. The van der Waals surface area contributed by atoms with Gasteiger partial charge in [-0.25, -0.2) is 4.79 Å². The van der Waals surface area contributed by atoms with Gasteiger partial charge in [0.25, 0.3) is 11.6 Å². The number of aromatic nitrogens is 1. The fraction of sp³-hybridized carbons (Fsp3) is 0.105. The number of methoxy groups -OCH3 is 1. The van der Waals surface area contributed by atoms with Crippen LogP contribution in [0.25, 0.3) is 16.3 Å². The van der Waals surface area contributed by atoms with Crippen molar-refractivity contribution in [3.63, 3.8) is 0 Å². The van der Waals surface area contributed by atoms with Crippen molar-refractivity contribution in [1.82, 2.24) is 4.57 Å². The van der Waals surface area contributed by atoms with Crippen LogP contribution in [-0.2, 0) is 16.6 Å². The van der Waals surface area contributed by atoms with Gasteiger partial charge in [-0.2, -0.15) is 4.99 Å². The van der Waals surface area contributed by atoms with E-state index in [1.54, 1.807) is 41.9 Å². The number of non-ortho nitro benzene ring substituents is 1. The number of fused-ring (bicyclic) bond motifs is 1. The number of thiazole rings is 1. The van der Waals surface area contributed by atoms with Crippen molar-refractivity contribution in [2.24, 2.45) is 12.0 Å². The number of amides is 1. The zero-order valence-corrected chi connectivity index (χ0v) is 15.8. The van der Waals surface area contributed by atoms with Crippen LogP contribution in [0.5, 0.6) is 0 Å². The summed E-state index contributed by atoms with van der Waals surface area (Å²) in [4.78, 5) is 38.6. The van der Waals surface area contributed by atoms with Crippen LogP contribution in [0.4, 0.5) is 5.69 Å². The van der Waals surface area contributed by atoms with Gasteiger partial charge < -0.3 is 9.30 Å². The molecule has 0 saturated heterocycles. The van der Waals surface area contributed by atoms with E-state index in [4.69, 9.17) is 4.74 Å². The highest BCUT2D eigenvalue weighted by Gasteiger charge is 2.10. The number of esters is 1. The molecule has 0 bridgehead atoms. The number of carbonyl (C=O) groups excluding carboxylic acids is 2. The highest BCUT2D eigenvalue weighted by atomic mass is 32.1. The lowest BCUT2D eigenvalue weighted by atomic mass is 10.2. The van der Waals surface area contributed by atoms with Gasteiger partial charge in [0.1, 0.15) is 0 Å². The Morgan fingerprint density at radius 3 is 2.57 bits per heavy atom. The maximum atomic E-state index is 12.2. The molecule has 0 radical (unpaired) electrons. The van der Waals surface area contributed by atoms with Crippen LogP contribution in [0, 0.1) is 10.1 Å². The van der Waals surface area contributed by atoms with Crippen LogP contribution in [0.3, 0.4) is 0 Å². The van der Waals surface area contributed by atoms with Crippen LogP contribution >= 0.6 is 11.3 Å². The highest BCUT2D eigenvalue weighted by molar-refractivity contribution is 7.16. The molecule has 9 heteroatoms. The number of ether oxygens (including phenoxy) is 1. The second-order valence-electron chi connectivity index (χ2n) is 5.75. The van der Waals surface area contributed by atoms with Gasteiger partial charge in [0, 0.05) is 25.3 Å². The van der Waals surface area contributed by atoms with Crippen molar-refractivity contribution < 1.29 is 19.2 Å². The summed E-state index contributed by atoms with van der Waals surface area (Å²) in [5, 5.41) is 10.7. The molecule has 0 aliphatic carbocycles. The van der Waals surface area contributed by atoms with Crippen molar-refractivity contribution in [2.45, 2.75) is 0 Å². The van der Waals surface area contributed by atoms with Gasteiger partial charge in [-0.05, 0) is 42.0 Å². The average Bonchev–Trinajstić information content (AvgIpc) is 3.00. The summed E-state index contributed by atoms with van der Waals surface area (Å²) < 4.78 is 7.28. The number of aryl methyl sites for hydroxylation is 1. The Kier molecular flexibility index (Phi) is 5.46. The molecule has 28 heavy (non-hydrogen) atoms. The first kappa shape index (κ1) is 19.2. The molecule has 0 N–H and O–H groups in total. The van der Waals surface area contributed by atoms with E-state index in [1.807, 2.05) is 0 Å². The minimum atomic E-state index is -0.485. The summed E-state index contributed by atoms with van der Waals surface area (Å²) in [6.07, 6.45) is 2.84. The van der Waals surface area contributed by atoms with E-state index in [-0.39, 0.29) is 5.69 Å². The van der Waals surface area contributed by atoms with Crippen molar-refractivity contribution in [2.75, 3.05) is 7.11 Å². The second-order valence-corrected chi connectivity index (χ2v) is 6.76. The van der Waals surface area contributed by atoms with Gasteiger partial charge in [-0.1, -0.05) is 11.3 Å². The number of nitrogens with zero attached hydrogens (tertiary/aromatic N) is 3. The summed E-state index contributed by atoms with van der Waals surface area (Å²) in [7, 11) is 3.10. The molecule has 142 valence electrons. The number of nitro groups is 1. The number of rotatable bonds is 4. The molecule has 1 heterocycles. The van der Waals surface area contributed by atoms with E-state index in [2.05, 4.69) is 4.99 Å². The largest absolute Gasteiger partial charge is 0.465 e. The van der Waals surface area contributed by atoms with Crippen LogP contribution in [-0.4, -0.2) is 28.5 Å². The summed E-state index contributed by atoms with van der Waals surface area (Å²) >= 11 is 1.28. The zero-order valence-electron chi connectivity index (χ0n) is 15.0. The maximum absolute atomic E-state index is 12.2. The summed E-state index contributed by atoms with van der Waals surface area (Å²) in [5.74, 6) is -0.896. The van der Waals surface area contributed by atoms with Crippen LogP contribution in [0.1, 0.15) is 15.9 Å². The summed E-state index contributed by atoms with van der Waals surface area (Å²) in [5.41, 5.74) is 1.89. The number of hydrogen-bond acceptors (Lipinski definition) is 6. The molecule has 0 aliphatic heterocycles. The normalized spacial score (nSPS) is 11.9. The Hall–Kier alpha value is -3.59. The SMILES string of the molecule is COC(=O)c1ccc2c(c1)sc(=NC(=O)/C=C/c1ccc([N+](=O)[O-])cc1)n2C. The van der Waals surface area contributed by atoms with E-state index in [0.717, 1.165) is 10.2 Å². The monoisotopic (exact) mass is 397 g/mol. The van der Waals surface area contributed by atoms with Gasteiger partial charge in [-0.3, -0.25) is 14.9 Å². The summed E-state index contributed by atoms with van der Waals surface area (Å²) in [6, 6.07) is 11.0. The predicted molar refractivity (Wildman–Crippen MR) is 105 cm³/mol. The zero-order chi connectivity index (χ0) is 20.3. The quantitative estimate of drug-likeness (QED) is 0.291. The lowest BCUT2D eigenvalue weighted by molar-refractivity contribution is -0.384. The standard InChI is InChI=1S/C19H15N3O5S/c1-21-15-9-6-13(18(24)27-2)11-16(15)28-19(21)20-17(23)10-5-12-3-7-14(8-4-12)22(25)26/h3-11H,1-2H3/b10-5+,20-19?. The van der Waals surface area contributed by atoms with E-state index in [0.29, 0.717) is 15.9 Å². The Labute approximate surface area is 163 Å². The van der Waals surface area contributed by atoms with Crippen molar-refractivity contribution in [3.05, 3.63) is 74.6 Å². The minimum Gasteiger partial charge on any atom is -0.465 e. The number of carbonyl (C=O) groups is 2. The lowest BCUT2D eigenvalue weighted by Gasteiger charge is -1.99. The van der Waals surface area contributed by atoms with Crippen molar-refractivity contribution in [1.29, 1.82) is 0 Å². The first-order valence-electron chi connectivity index (χ1n) is 8.08. The van der Waals surface area contributed by atoms with Crippen molar-refractivity contribution >= 4 is 45.2 Å². The van der Waals surface area contributed by atoms with Crippen LogP contribution in [0.2, 0.25) is 0 Å². The first-order chi connectivity index (χ1) is 13.4. The smallest absolute Gasteiger partial charge is 0.337 e. The molecule has 1 aromatic heterocycles. The lowest BCUT2D eigenvalue weighted by Crippen LogP contribution is -2.12. The molecule has 3 aromatic rings. The number of nitro benzene ring substituents is 1. The molecule has 0 atom stereocenters. The molecular formula is C19H15N3O5S. The Bertz CT molecular complexity index is 1170. The highest BCUT2D eigenvalue weighted by Crippen LogP contribution is 2.19. The van der Waals surface area contributed by atoms with E-state index >= 15 is 0 Å². The number of benzene rings is 2. The maximum Gasteiger partial charge on any atom is 0.337 e. The van der Waals surface area contributed by atoms with Crippen molar-refractivity contribution in [3.8, 4) is 0 Å². The van der Waals surface area contributed by atoms with Gasteiger partial charge in [-0.15, -0.1) is 0 Å². The van der Waals surface area contributed by atoms with E-state index in [9.17, 15) is 19.7 Å². The topological polar surface area (TPSA) is 104 Å². The van der Waals surface area contributed by atoms with Crippen LogP contribution in [0.15, 0.2) is 53.5 Å². The Morgan fingerprint density at radius 1 is 1.21 bits per heavy atom. The molecule has 0 saturated carbocycles. The number of hydrogen-bond donors (Lipinski definition) is 0. The van der Waals surface area contributed by atoms with E-state index in [1.165, 1.54) is 42.7 Å². The molecule has 8 nitrogen and oxygen atoms in total. The minimum absolute atomic E-state index is 0.0169. The second kappa shape index (κ2) is 7.97. The third-order valence-electron chi connectivity index (χ3n) is 3.96. The first-order valence-corrected chi connectivity index (χ1v) is 8.90. The molecule has 0 spiro atoms.